The van der Waals surface area contributed by atoms with Gasteiger partial charge in [0.2, 0.25) is 0 Å². The van der Waals surface area contributed by atoms with E-state index in [1.807, 2.05) is 40.7 Å². The first-order valence-corrected chi connectivity index (χ1v) is 7.97. The van der Waals surface area contributed by atoms with E-state index in [-0.39, 0.29) is 6.79 Å². The minimum absolute atomic E-state index is 0.119. The van der Waals surface area contributed by atoms with E-state index in [1.165, 1.54) is 0 Å². The van der Waals surface area contributed by atoms with Crippen molar-refractivity contribution in [1.82, 2.24) is 0 Å². The van der Waals surface area contributed by atoms with Gasteiger partial charge in [-0.3, -0.25) is 4.99 Å². The van der Waals surface area contributed by atoms with Crippen molar-refractivity contribution < 1.29 is 18.8 Å². The van der Waals surface area contributed by atoms with Crippen LogP contribution in [0, 0.1) is 6.92 Å². The van der Waals surface area contributed by atoms with Crippen LogP contribution < -0.4 is 15.9 Å². The molecular formula is C17H27BN2O4. The normalized spacial score (nSPS) is 19.2. The summed E-state index contributed by atoms with van der Waals surface area (Å²) in [4.78, 5) is 4.07. The molecule has 132 valence electrons. The Morgan fingerprint density at radius 2 is 1.83 bits per heavy atom. The van der Waals surface area contributed by atoms with Crippen molar-refractivity contribution in [1.29, 1.82) is 0 Å². The summed E-state index contributed by atoms with van der Waals surface area (Å²) >= 11 is 0. The van der Waals surface area contributed by atoms with Crippen molar-refractivity contribution in [2.75, 3.05) is 26.7 Å². The van der Waals surface area contributed by atoms with Crippen molar-refractivity contribution in [3.8, 4) is 5.75 Å². The van der Waals surface area contributed by atoms with Gasteiger partial charge in [-0.2, -0.15) is 0 Å². The Kier molecular flexibility index (Phi) is 5.27. The number of aliphatic imine (C=N–C) groups is 1. The first-order valence-electron chi connectivity index (χ1n) is 7.97. The molecule has 0 spiro atoms. The first-order chi connectivity index (χ1) is 11.1. The lowest BCUT2D eigenvalue weighted by Crippen LogP contribution is -2.41. The van der Waals surface area contributed by atoms with E-state index in [4.69, 9.17) is 24.5 Å². The zero-order chi connectivity index (χ0) is 18.1. The highest BCUT2D eigenvalue weighted by molar-refractivity contribution is 6.63. The van der Waals surface area contributed by atoms with E-state index in [0.29, 0.717) is 11.4 Å². The molecule has 2 rings (SSSR count). The maximum atomic E-state index is 6.22. The van der Waals surface area contributed by atoms with Crippen LogP contribution in [0.15, 0.2) is 11.1 Å². The molecule has 1 aromatic carbocycles. The number of hydrogen-bond donors (Lipinski definition) is 1. The Balaban J connectivity index is 2.55. The summed E-state index contributed by atoms with van der Waals surface area (Å²) in [5.41, 5.74) is 8.37. The second-order valence-corrected chi connectivity index (χ2v) is 6.95. The van der Waals surface area contributed by atoms with E-state index >= 15 is 0 Å². The summed E-state index contributed by atoms with van der Waals surface area (Å²) in [6.45, 7) is 10.1. The topological polar surface area (TPSA) is 75.3 Å². The predicted molar refractivity (Wildman–Crippen MR) is 97.3 cm³/mol. The second kappa shape index (κ2) is 6.74. The number of ether oxygens (including phenoxy) is 2. The molecule has 7 heteroatoms. The molecule has 0 aliphatic carbocycles. The van der Waals surface area contributed by atoms with Gasteiger partial charge in [0.05, 0.1) is 11.2 Å². The second-order valence-electron chi connectivity index (χ2n) is 6.95. The summed E-state index contributed by atoms with van der Waals surface area (Å²) in [6, 6.07) is 1.91. The third kappa shape index (κ3) is 3.29. The molecule has 1 fully saturated rings. The number of methoxy groups -OCH3 is 1. The SMILES string of the molecule is CN=Cc1cc(B2OC(C)(C)C(C)(C)O2)c(OCOC)c(C)c1N. The van der Waals surface area contributed by atoms with Gasteiger partial charge in [0.15, 0.2) is 6.79 Å². The van der Waals surface area contributed by atoms with Gasteiger partial charge in [-0.25, -0.2) is 0 Å². The lowest BCUT2D eigenvalue weighted by Gasteiger charge is -2.32. The third-order valence-electron chi connectivity index (χ3n) is 4.73. The molecule has 2 N–H and O–H groups in total. The van der Waals surface area contributed by atoms with Crippen LogP contribution in [-0.2, 0) is 14.0 Å². The monoisotopic (exact) mass is 334 g/mol. The number of hydrogen-bond acceptors (Lipinski definition) is 6. The number of rotatable bonds is 5. The number of nitrogen functional groups attached to an aromatic ring is 1. The molecule has 1 saturated heterocycles. The molecular weight excluding hydrogens is 307 g/mol. The largest absolute Gasteiger partial charge is 0.498 e. The average Bonchev–Trinajstić information content (AvgIpc) is 2.71. The van der Waals surface area contributed by atoms with Crippen LogP contribution >= 0.6 is 0 Å². The van der Waals surface area contributed by atoms with E-state index in [1.54, 1.807) is 20.4 Å². The maximum Gasteiger partial charge on any atom is 0.498 e. The molecule has 0 aromatic heterocycles. The summed E-state index contributed by atoms with van der Waals surface area (Å²) in [7, 11) is 2.73. The predicted octanol–water partition coefficient (Wildman–Crippen LogP) is 1.91. The molecule has 1 aliphatic heterocycles. The first kappa shape index (κ1) is 18.8. The van der Waals surface area contributed by atoms with Crippen LogP contribution in [0.3, 0.4) is 0 Å². The standard InChI is InChI=1S/C17H27BN2O4/c1-11-14(19)12(9-20-6)8-13(15(11)22-10-21-7)18-23-16(2,3)17(4,5)24-18/h8-9H,10,19H2,1-7H3. The number of anilines is 1. The van der Waals surface area contributed by atoms with Gasteiger partial charge in [-0.05, 0) is 40.7 Å². The fourth-order valence-corrected chi connectivity index (χ4v) is 2.57. The number of nitrogens with zero attached hydrogens (tertiary/aromatic N) is 1. The van der Waals surface area contributed by atoms with Crippen LogP contribution in [-0.4, -0.2) is 45.5 Å². The fourth-order valence-electron chi connectivity index (χ4n) is 2.57. The van der Waals surface area contributed by atoms with Crippen LogP contribution in [0.25, 0.3) is 0 Å². The Bertz CT molecular complexity index is 628. The molecule has 0 saturated carbocycles. The Morgan fingerprint density at radius 3 is 2.33 bits per heavy atom. The van der Waals surface area contributed by atoms with Gasteiger partial charge in [-0.1, -0.05) is 0 Å². The van der Waals surface area contributed by atoms with Gasteiger partial charge in [0.1, 0.15) is 5.75 Å². The smallest absolute Gasteiger partial charge is 0.468 e. The van der Waals surface area contributed by atoms with Gasteiger partial charge < -0.3 is 24.5 Å². The average molecular weight is 334 g/mol. The minimum Gasteiger partial charge on any atom is -0.468 e. The highest BCUT2D eigenvalue weighted by atomic mass is 16.7. The molecule has 0 amide bonds. The summed E-state index contributed by atoms with van der Waals surface area (Å²) in [5.74, 6) is 0.626. The Labute approximate surface area is 144 Å². The van der Waals surface area contributed by atoms with Gasteiger partial charge in [0, 0.05) is 42.6 Å². The number of nitrogens with two attached hydrogens (primary N) is 1. The molecule has 1 heterocycles. The van der Waals surface area contributed by atoms with Crippen LogP contribution in [0.4, 0.5) is 5.69 Å². The molecule has 0 radical (unpaired) electrons. The van der Waals surface area contributed by atoms with Gasteiger partial charge >= 0.3 is 7.12 Å². The highest BCUT2D eigenvalue weighted by Crippen LogP contribution is 2.38. The van der Waals surface area contributed by atoms with Gasteiger partial charge in [0.25, 0.3) is 0 Å². The fraction of sp³-hybridized carbons (Fsp3) is 0.588. The maximum absolute atomic E-state index is 6.22. The molecule has 1 aromatic rings. The molecule has 1 aliphatic rings. The van der Waals surface area contributed by atoms with Crippen molar-refractivity contribution in [3.63, 3.8) is 0 Å². The Morgan fingerprint density at radius 1 is 1.25 bits per heavy atom. The minimum atomic E-state index is -0.551. The van der Waals surface area contributed by atoms with Crippen LogP contribution in [0.1, 0.15) is 38.8 Å². The number of benzene rings is 1. The summed E-state index contributed by atoms with van der Waals surface area (Å²) in [6.07, 6.45) is 1.72. The van der Waals surface area contributed by atoms with Crippen LogP contribution in [0.2, 0.25) is 0 Å². The summed E-state index contributed by atoms with van der Waals surface area (Å²) in [5, 5.41) is 0. The van der Waals surface area contributed by atoms with E-state index in [2.05, 4.69) is 4.99 Å². The van der Waals surface area contributed by atoms with Crippen molar-refractivity contribution in [2.24, 2.45) is 4.99 Å². The summed E-state index contributed by atoms with van der Waals surface area (Å²) < 4.78 is 23.2. The van der Waals surface area contributed by atoms with Crippen molar-refractivity contribution >= 4 is 24.5 Å². The molecule has 0 bridgehead atoms. The lowest BCUT2D eigenvalue weighted by molar-refractivity contribution is 0.00578. The van der Waals surface area contributed by atoms with Crippen LogP contribution in [0.5, 0.6) is 5.75 Å². The molecule has 0 atom stereocenters. The Hall–Kier alpha value is -1.57. The molecule has 0 unspecified atom stereocenters. The zero-order valence-electron chi connectivity index (χ0n) is 15.6. The van der Waals surface area contributed by atoms with E-state index in [0.717, 1.165) is 16.6 Å². The van der Waals surface area contributed by atoms with E-state index in [9.17, 15) is 0 Å². The molecule has 6 nitrogen and oxygen atoms in total. The zero-order valence-corrected chi connectivity index (χ0v) is 15.6. The lowest BCUT2D eigenvalue weighted by atomic mass is 9.76. The highest BCUT2D eigenvalue weighted by Gasteiger charge is 2.52. The van der Waals surface area contributed by atoms with Gasteiger partial charge in [-0.15, -0.1) is 0 Å². The third-order valence-corrected chi connectivity index (χ3v) is 4.73. The van der Waals surface area contributed by atoms with Crippen molar-refractivity contribution in [3.05, 3.63) is 17.2 Å². The molecule has 24 heavy (non-hydrogen) atoms. The van der Waals surface area contributed by atoms with E-state index < -0.39 is 18.3 Å². The van der Waals surface area contributed by atoms with Crippen molar-refractivity contribution in [2.45, 2.75) is 45.8 Å². The quantitative estimate of drug-likeness (QED) is 0.385.